The molecule has 0 aromatic heterocycles. The Bertz CT molecular complexity index is 567. The van der Waals surface area contributed by atoms with E-state index in [1.54, 1.807) is 30.0 Å². The van der Waals surface area contributed by atoms with Gasteiger partial charge in [-0.05, 0) is 19.9 Å². The van der Waals surface area contributed by atoms with Crippen molar-refractivity contribution in [3.05, 3.63) is 46.0 Å². The van der Waals surface area contributed by atoms with Crippen molar-refractivity contribution in [1.82, 2.24) is 4.90 Å². The highest BCUT2D eigenvalue weighted by atomic mass is 16.6. The van der Waals surface area contributed by atoms with Crippen molar-refractivity contribution in [3.8, 4) is 0 Å². The highest BCUT2D eigenvalue weighted by Gasteiger charge is 2.21. The van der Waals surface area contributed by atoms with Gasteiger partial charge in [0, 0.05) is 45.0 Å². The number of hydrogen-bond acceptors (Lipinski definition) is 4. The number of carbonyl (C=O) groups is 1. The Morgan fingerprint density at radius 3 is 2.43 bits per heavy atom. The molecule has 0 spiro atoms. The Balaban J connectivity index is 3.29. The van der Waals surface area contributed by atoms with Crippen molar-refractivity contribution >= 4 is 17.3 Å². The summed E-state index contributed by atoms with van der Waals surface area (Å²) in [6.45, 7) is 8.47. The third kappa shape index (κ3) is 4.05. The number of nitro groups is 1. The molecule has 0 atom stereocenters. The quantitative estimate of drug-likeness (QED) is 0.459. The van der Waals surface area contributed by atoms with Crippen molar-refractivity contribution in [2.24, 2.45) is 0 Å². The van der Waals surface area contributed by atoms with Crippen LogP contribution in [-0.4, -0.2) is 42.9 Å². The second-order valence-electron chi connectivity index (χ2n) is 5.13. The summed E-state index contributed by atoms with van der Waals surface area (Å²) in [6.07, 6.45) is 0. The minimum absolute atomic E-state index is 0.0877. The van der Waals surface area contributed by atoms with Gasteiger partial charge in [-0.2, -0.15) is 0 Å². The molecule has 1 aromatic carbocycles. The molecular weight excluding hydrogens is 270 g/mol. The minimum atomic E-state index is -0.495. The lowest BCUT2D eigenvalue weighted by Gasteiger charge is -2.24. The highest BCUT2D eigenvalue weighted by molar-refractivity contribution is 6.00. The SMILES string of the molecule is C=C(C)CN(CC)C(=O)c1cc([N+](=O)[O-])ccc1N(C)C. The molecule has 1 rings (SSSR count). The smallest absolute Gasteiger partial charge is 0.270 e. The lowest BCUT2D eigenvalue weighted by Crippen LogP contribution is -2.33. The lowest BCUT2D eigenvalue weighted by atomic mass is 10.1. The normalized spacial score (nSPS) is 10.1. The Hall–Kier alpha value is -2.37. The van der Waals surface area contributed by atoms with Gasteiger partial charge in [-0.1, -0.05) is 12.2 Å². The Labute approximate surface area is 124 Å². The molecule has 0 aliphatic carbocycles. The van der Waals surface area contributed by atoms with Crippen LogP contribution in [0, 0.1) is 10.1 Å². The van der Waals surface area contributed by atoms with Gasteiger partial charge in [0.15, 0.2) is 0 Å². The van der Waals surface area contributed by atoms with Crippen LogP contribution in [0.15, 0.2) is 30.4 Å². The maximum Gasteiger partial charge on any atom is 0.270 e. The Morgan fingerprint density at radius 2 is 2.00 bits per heavy atom. The number of carbonyl (C=O) groups excluding carboxylic acids is 1. The summed E-state index contributed by atoms with van der Waals surface area (Å²) < 4.78 is 0. The fraction of sp³-hybridized carbons (Fsp3) is 0.400. The molecule has 0 radical (unpaired) electrons. The maximum atomic E-state index is 12.6. The van der Waals surface area contributed by atoms with Gasteiger partial charge in [0.1, 0.15) is 0 Å². The number of nitrogens with zero attached hydrogens (tertiary/aromatic N) is 3. The summed E-state index contributed by atoms with van der Waals surface area (Å²) in [4.78, 5) is 26.5. The molecule has 0 fully saturated rings. The first-order chi connectivity index (χ1) is 9.77. The summed E-state index contributed by atoms with van der Waals surface area (Å²) in [5, 5.41) is 10.9. The van der Waals surface area contributed by atoms with Crippen LogP contribution in [0.1, 0.15) is 24.2 Å². The fourth-order valence-corrected chi connectivity index (χ4v) is 2.02. The van der Waals surface area contributed by atoms with Crippen molar-refractivity contribution in [3.63, 3.8) is 0 Å². The Morgan fingerprint density at radius 1 is 1.38 bits per heavy atom. The molecule has 0 bridgehead atoms. The summed E-state index contributed by atoms with van der Waals surface area (Å²) in [5.41, 5.74) is 1.76. The second-order valence-corrected chi connectivity index (χ2v) is 5.13. The van der Waals surface area contributed by atoms with Gasteiger partial charge < -0.3 is 9.80 Å². The zero-order valence-electron chi connectivity index (χ0n) is 12.9. The minimum Gasteiger partial charge on any atom is -0.377 e. The van der Waals surface area contributed by atoms with E-state index in [4.69, 9.17) is 0 Å². The number of amides is 1. The van der Waals surface area contributed by atoms with Gasteiger partial charge in [-0.25, -0.2) is 0 Å². The van der Waals surface area contributed by atoms with Crippen LogP contribution in [-0.2, 0) is 0 Å². The van der Waals surface area contributed by atoms with Gasteiger partial charge in [-0.3, -0.25) is 14.9 Å². The van der Waals surface area contributed by atoms with Gasteiger partial charge in [0.25, 0.3) is 11.6 Å². The molecule has 0 aliphatic rings. The van der Waals surface area contributed by atoms with Crippen LogP contribution in [0.5, 0.6) is 0 Å². The van der Waals surface area contributed by atoms with Gasteiger partial charge in [-0.15, -0.1) is 0 Å². The molecule has 0 heterocycles. The predicted molar refractivity (Wildman–Crippen MR) is 83.8 cm³/mol. The first kappa shape index (κ1) is 16.7. The van der Waals surface area contributed by atoms with E-state index < -0.39 is 4.92 Å². The molecule has 0 unspecified atom stereocenters. The maximum absolute atomic E-state index is 12.6. The Kier molecular flexibility index (Phi) is 5.46. The molecule has 0 saturated carbocycles. The molecule has 1 amide bonds. The zero-order valence-corrected chi connectivity index (χ0v) is 12.9. The van der Waals surface area contributed by atoms with Gasteiger partial charge in [0.2, 0.25) is 0 Å². The van der Waals surface area contributed by atoms with Crippen molar-refractivity contribution in [1.29, 1.82) is 0 Å². The third-order valence-corrected chi connectivity index (χ3v) is 3.03. The first-order valence-electron chi connectivity index (χ1n) is 6.67. The molecule has 0 aliphatic heterocycles. The first-order valence-corrected chi connectivity index (χ1v) is 6.67. The van der Waals surface area contributed by atoms with E-state index in [1.807, 2.05) is 13.8 Å². The molecule has 6 heteroatoms. The molecule has 0 N–H and O–H groups in total. The molecule has 21 heavy (non-hydrogen) atoms. The van der Waals surface area contributed by atoms with Gasteiger partial charge >= 0.3 is 0 Å². The van der Waals surface area contributed by atoms with Crippen molar-refractivity contribution in [2.45, 2.75) is 13.8 Å². The van der Waals surface area contributed by atoms with Crippen LogP contribution in [0.4, 0.5) is 11.4 Å². The van der Waals surface area contributed by atoms with E-state index in [0.717, 1.165) is 5.57 Å². The molecule has 6 nitrogen and oxygen atoms in total. The molecular formula is C15H21N3O3. The van der Waals surface area contributed by atoms with Crippen molar-refractivity contribution < 1.29 is 9.72 Å². The third-order valence-electron chi connectivity index (χ3n) is 3.03. The van der Waals surface area contributed by atoms with Crippen LogP contribution in [0.3, 0.4) is 0 Å². The summed E-state index contributed by atoms with van der Waals surface area (Å²) in [7, 11) is 3.60. The van der Waals surface area contributed by atoms with Crippen molar-refractivity contribution in [2.75, 3.05) is 32.1 Å². The fourth-order valence-electron chi connectivity index (χ4n) is 2.02. The van der Waals surface area contributed by atoms with Crippen LogP contribution in [0.25, 0.3) is 0 Å². The monoisotopic (exact) mass is 291 g/mol. The number of non-ortho nitro benzene ring substituents is 1. The van der Waals surface area contributed by atoms with Crippen LogP contribution < -0.4 is 4.90 Å². The molecule has 1 aromatic rings. The van der Waals surface area contributed by atoms with E-state index in [2.05, 4.69) is 6.58 Å². The lowest BCUT2D eigenvalue weighted by molar-refractivity contribution is -0.384. The highest BCUT2D eigenvalue weighted by Crippen LogP contribution is 2.25. The van der Waals surface area contributed by atoms with E-state index in [1.165, 1.54) is 12.1 Å². The summed E-state index contributed by atoms with van der Waals surface area (Å²) in [6, 6.07) is 4.33. The average molecular weight is 291 g/mol. The molecule has 114 valence electrons. The number of nitro benzene ring substituents is 1. The van der Waals surface area contributed by atoms with E-state index in [-0.39, 0.29) is 11.6 Å². The standard InChI is InChI=1S/C15H21N3O3/c1-6-17(10-11(2)3)15(19)13-9-12(18(20)21)7-8-14(13)16(4)5/h7-9H,2,6,10H2,1,3-5H3. The topological polar surface area (TPSA) is 66.7 Å². The predicted octanol–water partition coefficient (Wildman–Crippen LogP) is 2.70. The van der Waals surface area contributed by atoms with E-state index in [0.29, 0.717) is 24.3 Å². The second kappa shape index (κ2) is 6.88. The number of rotatable bonds is 6. The number of anilines is 1. The van der Waals surface area contributed by atoms with E-state index >= 15 is 0 Å². The number of likely N-dealkylation sites (N-methyl/N-ethyl adjacent to an activating group) is 1. The molecule has 0 saturated heterocycles. The van der Waals surface area contributed by atoms with Crippen LogP contribution >= 0.6 is 0 Å². The van der Waals surface area contributed by atoms with Gasteiger partial charge in [0.05, 0.1) is 10.5 Å². The van der Waals surface area contributed by atoms with Crippen LogP contribution in [0.2, 0.25) is 0 Å². The zero-order chi connectivity index (χ0) is 16.2. The number of benzene rings is 1. The summed E-state index contributed by atoms with van der Waals surface area (Å²) in [5.74, 6) is -0.229. The van der Waals surface area contributed by atoms with E-state index in [9.17, 15) is 14.9 Å². The number of hydrogen-bond donors (Lipinski definition) is 0. The largest absolute Gasteiger partial charge is 0.377 e. The summed E-state index contributed by atoms with van der Waals surface area (Å²) >= 11 is 0. The average Bonchev–Trinajstić information content (AvgIpc) is 2.42.